The van der Waals surface area contributed by atoms with Gasteiger partial charge in [-0.3, -0.25) is 4.79 Å². The third-order valence-corrected chi connectivity index (χ3v) is 2.61. The summed E-state index contributed by atoms with van der Waals surface area (Å²) < 4.78 is 36.9. The molecule has 0 saturated heterocycles. The number of hydrogen-bond donors (Lipinski definition) is 1. The van der Waals surface area contributed by atoms with Gasteiger partial charge in [-0.05, 0) is 18.6 Å². The molecule has 2 rings (SSSR count). The summed E-state index contributed by atoms with van der Waals surface area (Å²) in [5, 5.41) is 0. The first kappa shape index (κ1) is 10.9. The minimum atomic E-state index is -4.19. The Balaban J connectivity index is 2.18. The fourth-order valence-electron chi connectivity index (χ4n) is 1.68. The van der Waals surface area contributed by atoms with Gasteiger partial charge in [0.15, 0.2) is 0 Å². The lowest BCUT2D eigenvalue weighted by Gasteiger charge is -2.05. The normalized spacial score (nSPS) is 24.2. The second-order valence-corrected chi connectivity index (χ2v) is 3.80. The summed E-state index contributed by atoms with van der Waals surface area (Å²) in [4.78, 5) is 14.6. The molecule has 0 spiro atoms. The molecule has 1 fully saturated rings. The van der Waals surface area contributed by atoms with Crippen molar-refractivity contribution in [3.05, 3.63) is 29.6 Å². The van der Waals surface area contributed by atoms with Crippen LogP contribution in [0.4, 0.5) is 13.2 Å². The van der Waals surface area contributed by atoms with E-state index < -0.39 is 23.9 Å². The molecule has 1 heterocycles. The van der Waals surface area contributed by atoms with Crippen molar-refractivity contribution < 1.29 is 18.0 Å². The van der Waals surface area contributed by atoms with Crippen LogP contribution in [0.25, 0.3) is 0 Å². The van der Waals surface area contributed by atoms with Gasteiger partial charge < -0.3 is 5.73 Å². The number of amides is 1. The molecule has 6 heteroatoms. The minimum absolute atomic E-state index is 0.00493. The van der Waals surface area contributed by atoms with Crippen molar-refractivity contribution in [2.24, 2.45) is 11.7 Å². The quantitative estimate of drug-likeness (QED) is 0.842. The monoisotopic (exact) mass is 230 g/mol. The van der Waals surface area contributed by atoms with Crippen LogP contribution in [0.3, 0.4) is 0 Å². The molecule has 86 valence electrons. The maximum absolute atomic E-state index is 12.3. The Morgan fingerprint density at radius 3 is 2.62 bits per heavy atom. The average molecular weight is 230 g/mol. The zero-order chi connectivity index (χ0) is 11.9. The van der Waals surface area contributed by atoms with Crippen molar-refractivity contribution in [3.8, 4) is 0 Å². The number of rotatable bonds is 2. The molecule has 0 aromatic carbocycles. The number of aromatic nitrogens is 1. The molecule has 0 radical (unpaired) electrons. The molecule has 2 atom stereocenters. The van der Waals surface area contributed by atoms with Crippen molar-refractivity contribution >= 4 is 5.91 Å². The van der Waals surface area contributed by atoms with Crippen LogP contribution in [-0.4, -0.2) is 17.1 Å². The lowest BCUT2D eigenvalue weighted by atomic mass is 10.2. The predicted octanol–water partition coefficient (Wildman–Crippen LogP) is 1.85. The van der Waals surface area contributed by atoms with Crippen molar-refractivity contribution in [2.75, 3.05) is 0 Å². The summed E-state index contributed by atoms with van der Waals surface area (Å²) in [6.07, 6.45) is -4.15. The summed E-state index contributed by atoms with van der Waals surface area (Å²) in [6, 6.07) is 4.37. The smallest absolute Gasteiger partial charge is 0.364 e. The third-order valence-electron chi connectivity index (χ3n) is 2.61. The first-order valence-corrected chi connectivity index (χ1v) is 4.73. The molecule has 0 bridgehead atoms. The fraction of sp³-hybridized carbons (Fsp3) is 0.400. The number of pyridine rings is 1. The Morgan fingerprint density at radius 2 is 2.12 bits per heavy atom. The highest BCUT2D eigenvalue weighted by Gasteiger charge is 2.56. The Hall–Kier alpha value is -1.59. The van der Waals surface area contributed by atoms with Crippen LogP contribution in [0, 0.1) is 5.92 Å². The van der Waals surface area contributed by atoms with Gasteiger partial charge in [-0.15, -0.1) is 0 Å². The van der Waals surface area contributed by atoms with Gasteiger partial charge >= 0.3 is 6.18 Å². The number of carbonyl (C=O) groups excluding carboxylic acids is 1. The van der Waals surface area contributed by atoms with Gasteiger partial charge in [0.2, 0.25) is 0 Å². The molecule has 16 heavy (non-hydrogen) atoms. The van der Waals surface area contributed by atoms with E-state index in [1.807, 2.05) is 0 Å². The van der Waals surface area contributed by atoms with E-state index >= 15 is 0 Å². The summed E-state index contributed by atoms with van der Waals surface area (Å²) in [5.74, 6) is -2.69. The maximum atomic E-state index is 12.3. The molecule has 0 aliphatic heterocycles. The fourth-order valence-corrected chi connectivity index (χ4v) is 1.68. The largest absolute Gasteiger partial charge is 0.392 e. The van der Waals surface area contributed by atoms with Gasteiger partial charge in [0.05, 0.1) is 5.92 Å². The highest BCUT2D eigenvalue weighted by Crippen LogP contribution is 2.55. The highest BCUT2D eigenvalue weighted by atomic mass is 19.4. The van der Waals surface area contributed by atoms with Crippen LogP contribution in [0.15, 0.2) is 18.2 Å². The van der Waals surface area contributed by atoms with E-state index in [1.165, 1.54) is 18.2 Å². The van der Waals surface area contributed by atoms with E-state index in [9.17, 15) is 18.0 Å². The third kappa shape index (κ3) is 2.00. The first-order valence-electron chi connectivity index (χ1n) is 4.73. The van der Waals surface area contributed by atoms with Gasteiger partial charge in [0.25, 0.3) is 5.91 Å². The van der Waals surface area contributed by atoms with Gasteiger partial charge in [-0.1, -0.05) is 6.07 Å². The lowest BCUT2D eigenvalue weighted by molar-refractivity contribution is -0.148. The number of nitrogens with zero attached hydrogens (tertiary/aromatic N) is 1. The molecule has 3 nitrogen and oxygen atoms in total. The van der Waals surface area contributed by atoms with E-state index in [0.717, 1.165) is 0 Å². The SMILES string of the molecule is NC(=O)c1cccc(C2CC2C(F)(F)F)n1. The first-order chi connectivity index (χ1) is 7.39. The number of hydrogen-bond acceptors (Lipinski definition) is 2. The van der Waals surface area contributed by atoms with Gasteiger partial charge in [-0.2, -0.15) is 13.2 Å². The number of primary amides is 1. The van der Waals surface area contributed by atoms with Crippen molar-refractivity contribution in [3.63, 3.8) is 0 Å². The van der Waals surface area contributed by atoms with Crippen LogP contribution in [0.1, 0.15) is 28.5 Å². The summed E-state index contributed by atoms with van der Waals surface area (Å²) in [5.41, 5.74) is 5.30. The number of nitrogens with two attached hydrogens (primary N) is 1. The molecular weight excluding hydrogens is 221 g/mol. The maximum Gasteiger partial charge on any atom is 0.392 e. The molecule has 2 N–H and O–H groups in total. The van der Waals surface area contributed by atoms with E-state index in [1.54, 1.807) is 0 Å². The van der Waals surface area contributed by atoms with Crippen molar-refractivity contribution in [1.29, 1.82) is 0 Å². The van der Waals surface area contributed by atoms with Crippen molar-refractivity contribution in [2.45, 2.75) is 18.5 Å². The molecular formula is C10H9F3N2O. The zero-order valence-corrected chi connectivity index (χ0v) is 8.16. The van der Waals surface area contributed by atoms with Crippen LogP contribution in [0.5, 0.6) is 0 Å². The molecule has 1 amide bonds. The minimum Gasteiger partial charge on any atom is -0.364 e. The van der Waals surface area contributed by atoms with Gasteiger partial charge in [0.1, 0.15) is 5.69 Å². The van der Waals surface area contributed by atoms with Crippen LogP contribution in [-0.2, 0) is 0 Å². The Bertz CT molecular complexity index is 430. The van der Waals surface area contributed by atoms with Gasteiger partial charge in [0, 0.05) is 11.6 Å². The van der Waals surface area contributed by atoms with Crippen LogP contribution < -0.4 is 5.73 Å². The lowest BCUT2D eigenvalue weighted by Crippen LogP contribution is -2.15. The molecule has 1 aromatic heterocycles. The second kappa shape index (κ2) is 3.47. The summed E-state index contributed by atoms with van der Waals surface area (Å²) in [7, 11) is 0. The van der Waals surface area contributed by atoms with Gasteiger partial charge in [-0.25, -0.2) is 4.98 Å². The molecule has 1 aromatic rings. The zero-order valence-electron chi connectivity index (χ0n) is 8.16. The number of alkyl halides is 3. The molecule has 2 unspecified atom stereocenters. The topological polar surface area (TPSA) is 56.0 Å². The molecule has 1 aliphatic rings. The Morgan fingerprint density at radius 1 is 1.44 bits per heavy atom. The highest BCUT2D eigenvalue weighted by molar-refractivity contribution is 5.90. The number of carbonyl (C=O) groups is 1. The molecule has 1 saturated carbocycles. The van der Waals surface area contributed by atoms with Crippen LogP contribution in [0.2, 0.25) is 0 Å². The van der Waals surface area contributed by atoms with E-state index in [4.69, 9.17) is 5.73 Å². The van der Waals surface area contributed by atoms with E-state index in [0.29, 0.717) is 5.69 Å². The standard InChI is InChI=1S/C10H9F3N2O/c11-10(12,13)6-4-5(6)7-2-1-3-8(15-7)9(14)16/h1-3,5-6H,4H2,(H2,14,16). The Labute approximate surface area is 89.5 Å². The number of halogens is 3. The second-order valence-electron chi connectivity index (χ2n) is 3.80. The Kier molecular flexibility index (Phi) is 2.36. The molecule has 1 aliphatic carbocycles. The summed E-state index contributed by atoms with van der Waals surface area (Å²) >= 11 is 0. The van der Waals surface area contributed by atoms with Crippen LogP contribution >= 0.6 is 0 Å². The van der Waals surface area contributed by atoms with E-state index in [2.05, 4.69) is 4.98 Å². The van der Waals surface area contributed by atoms with E-state index in [-0.39, 0.29) is 12.1 Å². The average Bonchev–Trinajstić information content (AvgIpc) is 2.96. The van der Waals surface area contributed by atoms with Crippen molar-refractivity contribution in [1.82, 2.24) is 4.98 Å². The summed E-state index contributed by atoms with van der Waals surface area (Å²) in [6.45, 7) is 0. The predicted molar refractivity (Wildman–Crippen MR) is 49.7 cm³/mol.